The predicted molar refractivity (Wildman–Crippen MR) is 212 cm³/mol. The summed E-state index contributed by atoms with van der Waals surface area (Å²) in [4.78, 5) is 62.0. The number of alkyl carbamates (subject to hydrolysis) is 1. The van der Waals surface area contributed by atoms with Crippen molar-refractivity contribution in [3.63, 3.8) is 0 Å². The number of carbonyl (C=O) groups is 4. The van der Waals surface area contributed by atoms with Gasteiger partial charge < -0.3 is 35.2 Å². The molecule has 0 unspecified atom stereocenters. The van der Waals surface area contributed by atoms with Crippen molar-refractivity contribution < 1.29 is 33.1 Å². The second-order valence-corrected chi connectivity index (χ2v) is 14.9. The monoisotopic (exact) mass is 763 g/mol. The fourth-order valence-electron chi connectivity index (χ4n) is 7.41. The number of benzene rings is 3. The molecule has 12 heteroatoms. The van der Waals surface area contributed by atoms with Crippen molar-refractivity contribution in [3.05, 3.63) is 114 Å². The lowest BCUT2D eigenvalue weighted by Gasteiger charge is -2.29. The molecule has 0 bridgehead atoms. The number of hydrogen-bond donors (Lipinski definition) is 3. The normalized spacial score (nSPS) is 18.4. The van der Waals surface area contributed by atoms with Crippen molar-refractivity contribution >= 4 is 34.8 Å². The molecule has 1 aliphatic heterocycles. The van der Waals surface area contributed by atoms with Crippen molar-refractivity contribution in [1.82, 2.24) is 20.5 Å². The smallest absolute Gasteiger partial charge is 0.408 e. The van der Waals surface area contributed by atoms with Crippen LogP contribution in [-0.2, 0) is 32.1 Å². The van der Waals surface area contributed by atoms with E-state index < -0.39 is 47.9 Å². The Kier molecular flexibility index (Phi) is 14.4. The number of nitrogens with two attached hydrogens (primary N) is 1. The van der Waals surface area contributed by atoms with E-state index >= 15 is 0 Å². The van der Waals surface area contributed by atoms with E-state index in [0.717, 1.165) is 36.8 Å². The summed E-state index contributed by atoms with van der Waals surface area (Å²) in [5.74, 6) is -1.12. The Morgan fingerprint density at radius 2 is 1.57 bits per heavy atom. The number of carbonyl (C=O) groups excluding carboxylic acids is 4. The maximum atomic E-state index is 14.6. The van der Waals surface area contributed by atoms with Gasteiger partial charge in [-0.1, -0.05) is 84.9 Å². The van der Waals surface area contributed by atoms with Crippen LogP contribution in [0.15, 0.2) is 101 Å². The molecule has 3 amide bonds. The highest BCUT2D eigenvalue weighted by Crippen LogP contribution is 2.30. The van der Waals surface area contributed by atoms with Crippen LogP contribution in [0.2, 0.25) is 0 Å². The first kappa shape index (κ1) is 40.3. The summed E-state index contributed by atoms with van der Waals surface area (Å²) in [6, 6.07) is 23.1. The number of likely N-dealkylation sites (tertiary alicyclic amines) is 1. The third-order valence-corrected chi connectivity index (χ3v) is 10.7. The van der Waals surface area contributed by atoms with Crippen LogP contribution in [0.3, 0.4) is 0 Å². The summed E-state index contributed by atoms with van der Waals surface area (Å²) < 4.78 is 17.8. The van der Waals surface area contributed by atoms with Crippen LogP contribution in [-0.4, -0.2) is 77.5 Å². The largest absolute Gasteiger partial charge is 0.445 e. The molecule has 6 rings (SSSR count). The fourth-order valence-corrected chi connectivity index (χ4v) is 7.41. The van der Waals surface area contributed by atoms with E-state index in [0.29, 0.717) is 55.9 Å². The molecule has 1 saturated carbocycles. The number of oxazole rings is 1. The third kappa shape index (κ3) is 11.1. The summed E-state index contributed by atoms with van der Waals surface area (Å²) >= 11 is 0. The van der Waals surface area contributed by atoms with Crippen molar-refractivity contribution in [2.75, 3.05) is 19.7 Å². The number of ketones is 1. The molecule has 1 saturated heterocycles. The maximum Gasteiger partial charge on any atom is 0.408 e. The molecule has 4 atom stereocenters. The van der Waals surface area contributed by atoms with Gasteiger partial charge in [0.05, 0.1) is 12.1 Å². The minimum absolute atomic E-state index is 0.0328. The van der Waals surface area contributed by atoms with Crippen molar-refractivity contribution in [2.45, 2.75) is 95.0 Å². The number of Topliss-reactive ketones (excluding diaryl/α,β-unsaturated/α-hetero) is 1. The van der Waals surface area contributed by atoms with E-state index in [4.69, 9.17) is 19.6 Å². The molecule has 4 N–H and O–H groups in total. The number of para-hydroxylation sites is 2. The van der Waals surface area contributed by atoms with E-state index in [-0.39, 0.29) is 31.9 Å². The topological polar surface area (TPSA) is 166 Å². The van der Waals surface area contributed by atoms with Gasteiger partial charge in [0, 0.05) is 19.6 Å². The van der Waals surface area contributed by atoms with Crippen LogP contribution in [0.25, 0.3) is 11.1 Å². The van der Waals surface area contributed by atoms with Gasteiger partial charge in [-0.2, -0.15) is 0 Å². The Labute approximate surface area is 328 Å². The van der Waals surface area contributed by atoms with Crippen LogP contribution in [0.4, 0.5) is 4.79 Å². The number of amides is 3. The molecule has 1 aliphatic carbocycles. The Morgan fingerprint density at radius 3 is 2.29 bits per heavy atom. The highest BCUT2D eigenvalue weighted by atomic mass is 16.5. The summed E-state index contributed by atoms with van der Waals surface area (Å²) in [6.45, 7) is 5.25. The predicted octanol–water partition coefficient (Wildman–Crippen LogP) is 6.28. The van der Waals surface area contributed by atoms with Crippen LogP contribution in [0.1, 0.15) is 79.6 Å². The van der Waals surface area contributed by atoms with Crippen molar-refractivity contribution in [2.24, 2.45) is 11.7 Å². The Balaban J connectivity index is 1.22. The van der Waals surface area contributed by atoms with Crippen molar-refractivity contribution in [1.29, 1.82) is 0 Å². The minimum Gasteiger partial charge on any atom is -0.445 e. The Hall–Kier alpha value is -5.33. The van der Waals surface area contributed by atoms with Gasteiger partial charge in [0.25, 0.3) is 5.89 Å². The Bertz CT molecular complexity index is 1890. The van der Waals surface area contributed by atoms with E-state index in [9.17, 15) is 19.2 Å². The molecular formula is C44H53N5O7. The number of fused-ring (bicyclic) bond motifs is 1. The van der Waals surface area contributed by atoms with Crippen LogP contribution in [0, 0.1) is 5.92 Å². The van der Waals surface area contributed by atoms with Gasteiger partial charge in [0.2, 0.25) is 17.6 Å². The van der Waals surface area contributed by atoms with Gasteiger partial charge in [-0.15, -0.1) is 0 Å². The number of ether oxygens (including phenoxy) is 2. The summed E-state index contributed by atoms with van der Waals surface area (Å²) in [5.41, 5.74) is 9.83. The SMILES string of the molecule is C=C1CCC(CO[C@@H]2C[C@@H](C(=O)N[C@@H](CCCCN)C(=O)c3nc4ccccc4o3)N(C(=O)[C@@H](CCc3ccccc3)NC(=O)OCc3ccccc3)C2)CC1. The molecule has 12 nitrogen and oxygen atoms in total. The first-order valence-corrected chi connectivity index (χ1v) is 19.8. The molecule has 1 aromatic heterocycles. The molecule has 2 fully saturated rings. The zero-order valence-electron chi connectivity index (χ0n) is 31.9. The van der Waals surface area contributed by atoms with E-state index in [1.54, 1.807) is 24.3 Å². The van der Waals surface area contributed by atoms with Gasteiger partial charge in [0.1, 0.15) is 24.2 Å². The lowest BCUT2D eigenvalue weighted by Crippen LogP contribution is -2.55. The second-order valence-electron chi connectivity index (χ2n) is 14.9. The highest BCUT2D eigenvalue weighted by Gasteiger charge is 2.44. The number of hydrogen-bond acceptors (Lipinski definition) is 9. The molecule has 2 heterocycles. The first-order chi connectivity index (χ1) is 27.3. The molecule has 0 radical (unpaired) electrons. The summed E-state index contributed by atoms with van der Waals surface area (Å²) in [7, 11) is 0. The van der Waals surface area contributed by atoms with Crippen molar-refractivity contribution in [3.8, 4) is 0 Å². The zero-order chi connectivity index (χ0) is 39.3. The molecule has 3 aromatic carbocycles. The third-order valence-electron chi connectivity index (χ3n) is 10.7. The molecule has 56 heavy (non-hydrogen) atoms. The quantitative estimate of drug-likeness (QED) is 0.0601. The fraction of sp³-hybridized carbons (Fsp3) is 0.432. The van der Waals surface area contributed by atoms with Gasteiger partial charge in [-0.25, -0.2) is 9.78 Å². The standard InChI is InChI=1S/C44H53N5O7/c1-30-19-21-33(22-20-30)28-54-34-26-38(41(51)46-36(17-10-11-25-45)40(50)42-47-35-16-8-9-18-39(35)56-42)49(27-34)43(52)37(24-23-31-12-4-2-5-13-31)48-44(53)55-29-32-14-6-3-7-15-32/h2-9,12-16,18,33-34,36-38H,1,10-11,17,19-29,45H2,(H,46,51)(H,48,53)/t34-,36+,37-,38+/m1/s1. The molecule has 2 aliphatic rings. The minimum atomic E-state index is -1.00. The van der Waals surface area contributed by atoms with Gasteiger partial charge >= 0.3 is 6.09 Å². The Morgan fingerprint density at radius 1 is 0.875 bits per heavy atom. The number of aryl methyl sites for hydroxylation is 1. The van der Waals surface area contributed by atoms with E-state index in [1.165, 1.54) is 10.5 Å². The summed E-state index contributed by atoms with van der Waals surface area (Å²) in [5, 5.41) is 5.76. The number of rotatable bonds is 18. The zero-order valence-corrected chi connectivity index (χ0v) is 31.9. The first-order valence-electron chi connectivity index (χ1n) is 19.8. The number of nitrogens with one attached hydrogen (secondary N) is 2. The average Bonchev–Trinajstić information content (AvgIpc) is 3.87. The van der Waals surface area contributed by atoms with Crippen LogP contribution >= 0.6 is 0 Å². The molecule has 296 valence electrons. The van der Waals surface area contributed by atoms with Crippen LogP contribution < -0.4 is 16.4 Å². The lowest BCUT2D eigenvalue weighted by molar-refractivity contribution is -0.140. The summed E-state index contributed by atoms with van der Waals surface area (Å²) in [6.07, 6.45) is 5.26. The second kappa shape index (κ2) is 20.0. The van der Waals surface area contributed by atoms with Gasteiger partial charge in [-0.05, 0) is 93.5 Å². The number of unbranched alkanes of at least 4 members (excludes halogenated alkanes) is 1. The number of nitrogens with zero attached hydrogens (tertiary/aromatic N) is 2. The molecule has 0 spiro atoms. The van der Waals surface area contributed by atoms with E-state index in [2.05, 4.69) is 22.2 Å². The number of aromatic nitrogens is 1. The molecular weight excluding hydrogens is 711 g/mol. The van der Waals surface area contributed by atoms with Gasteiger partial charge in [-0.3, -0.25) is 14.4 Å². The number of allylic oxidation sites excluding steroid dienone is 1. The van der Waals surface area contributed by atoms with Crippen LogP contribution in [0.5, 0.6) is 0 Å². The highest BCUT2D eigenvalue weighted by molar-refractivity contribution is 6.01. The van der Waals surface area contributed by atoms with E-state index in [1.807, 2.05) is 60.7 Å². The maximum absolute atomic E-state index is 14.6. The average molecular weight is 764 g/mol. The molecule has 4 aromatic rings. The lowest BCUT2D eigenvalue weighted by atomic mass is 9.87. The van der Waals surface area contributed by atoms with Gasteiger partial charge in [0.15, 0.2) is 5.58 Å².